The highest BCUT2D eigenvalue weighted by atomic mass is 19.4. The Kier molecular flexibility index (Phi) is 3.11. The second kappa shape index (κ2) is 4.03. The van der Waals surface area contributed by atoms with Crippen LogP contribution >= 0.6 is 0 Å². The van der Waals surface area contributed by atoms with Crippen LogP contribution in [0.2, 0.25) is 0 Å². The van der Waals surface area contributed by atoms with Gasteiger partial charge in [0.15, 0.2) is 0 Å². The topological polar surface area (TPSA) is 52.3 Å². The number of esters is 1. The van der Waals surface area contributed by atoms with Crippen molar-refractivity contribution in [3.8, 4) is 0 Å². The minimum absolute atomic E-state index is 0.269. The van der Waals surface area contributed by atoms with Gasteiger partial charge >= 0.3 is 12.1 Å². The molecule has 1 aromatic carbocycles. The zero-order valence-corrected chi connectivity index (χ0v) is 8.68. The van der Waals surface area contributed by atoms with E-state index in [-0.39, 0.29) is 5.56 Å². The zero-order chi connectivity index (χ0) is 12.5. The fourth-order valence-electron chi connectivity index (χ4n) is 1.31. The van der Waals surface area contributed by atoms with Gasteiger partial charge in [-0.1, -0.05) is 0 Å². The number of rotatable bonds is 1. The Bertz CT molecular complexity index is 427. The lowest BCUT2D eigenvalue weighted by Crippen LogP contribution is -2.14. The normalized spacial score (nSPS) is 11.3. The second-order valence-corrected chi connectivity index (χ2v) is 3.26. The van der Waals surface area contributed by atoms with E-state index in [0.29, 0.717) is 5.56 Å². The Morgan fingerprint density at radius 3 is 2.38 bits per heavy atom. The molecule has 0 aliphatic carbocycles. The molecule has 0 spiro atoms. The number of methoxy groups -OCH3 is 1. The lowest BCUT2D eigenvalue weighted by atomic mass is 10.0. The number of carbonyl (C=O) groups excluding carboxylic acids is 1. The van der Waals surface area contributed by atoms with Gasteiger partial charge in [-0.2, -0.15) is 13.2 Å². The standard InChI is InChI=1S/C10H10F3NO2/c1-5-3-6(9(15)16-2)8(14)7(4-5)10(11,12)13/h3-4H,14H2,1-2H3. The summed E-state index contributed by atoms with van der Waals surface area (Å²) in [5, 5.41) is 0. The summed E-state index contributed by atoms with van der Waals surface area (Å²) >= 11 is 0. The number of benzene rings is 1. The molecule has 0 aliphatic rings. The largest absolute Gasteiger partial charge is 0.465 e. The molecule has 2 N–H and O–H groups in total. The van der Waals surface area contributed by atoms with Crippen LogP contribution in [-0.4, -0.2) is 13.1 Å². The summed E-state index contributed by atoms with van der Waals surface area (Å²) in [5.41, 5.74) is 3.69. The number of alkyl halides is 3. The molecule has 0 bridgehead atoms. The van der Waals surface area contributed by atoms with Crippen LogP contribution in [0, 0.1) is 6.92 Å². The number of hydrogen-bond donors (Lipinski definition) is 1. The van der Waals surface area contributed by atoms with E-state index in [2.05, 4.69) is 4.74 Å². The van der Waals surface area contributed by atoms with Crippen molar-refractivity contribution in [2.75, 3.05) is 12.8 Å². The third-order valence-electron chi connectivity index (χ3n) is 2.04. The molecule has 1 rings (SSSR count). The third kappa shape index (κ3) is 2.26. The molecular weight excluding hydrogens is 223 g/mol. The molecule has 0 aromatic heterocycles. The van der Waals surface area contributed by atoms with E-state index in [0.717, 1.165) is 13.2 Å². The minimum atomic E-state index is -4.58. The average Bonchev–Trinajstić information content (AvgIpc) is 2.18. The molecule has 3 nitrogen and oxygen atoms in total. The minimum Gasteiger partial charge on any atom is -0.465 e. The Labute approximate surface area is 90.0 Å². The van der Waals surface area contributed by atoms with Gasteiger partial charge in [0.25, 0.3) is 0 Å². The third-order valence-corrected chi connectivity index (χ3v) is 2.04. The molecule has 1 aromatic rings. The fraction of sp³-hybridized carbons (Fsp3) is 0.300. The first-order valence-electron chi connectivity index (χ1n) is 4.33. The first-order valence-corrected chi connectivity index (χ1v) is 4.33. The lowest BCUT2D eigenvalue weighted by Gasteiger charge is -2.13. The molecule has 0 saturated heterocycles. The van der Waals surface area contributed by atoms with Crippen molar-refractivity contribution in [3.05, 3.63) is 28.8 Å². The molecule has 0 saturated carbocycles. The number of aryl methyl sites for hydroxylation is 1. The van der Waals surface area contributed by atoms with Crippen LogP contribution in [0.5, 0.6) is 0 Å². The van der Waals surface area contributed by atoms with Gasteiger partial charge in [-0.05, 0) is 24.6 Å². The molecule has 0 unspecified atom stereocenters. The SMILES string of the molecule is COC(=O)c1cc(C)cc(C(F)(F)F)c1N. The van der Waals surface area contributed by atoms with Crippen molar-refractivity contribution in [3.63, 3.8) is 0 Å². The zero-order valence-electron chi connectivity index (χ0n) is 8.68. The predicted octanol–water partition coefficient (Wildman–Crippen LogP) is 2.38. The van der Waals surface area contributed by atoms with Crippen LogP contribution in [0.25, 0.3) is 0 Å². The molecule has 88 valence electrons. The summed E-state index contributed by atoms with van der Waals surface area (Å²) in [7, 11) is 1.08. The number of carbonyl (C=O) groups is 1. The van der Waals surface area contributed by atoms with Gasteiger partial charge in [-0.3, -0.25) is 0 Å². The van der Waals surface area contributed by atoms with Gasteiger partial charge in [0.2, 0.25) is 0 Å². The van der Waals surface area contributed by atoms with Crippen LogP contribution in [0.3, 0.4) is 0 Å². The maximum absolute atomic E-state index is 12.5. The van der Waals surface area contributed by atoms with Crippen LogP contribution in [-0.2, 0) is 10.9 Å². The van der Waals surface area contributed by atoms with Gasteiger partial charge < -0.3 is 10.5 Å². The highest BCUT2D eigenvalue weighted by Crippen LogP contribution is 2.36. The number of hydrogen-bond acceptors (Lipinski definition) is 3. The first kappa shape index (κ1) is 12.4. The fourth-order valence-corrected chi connectivity index (χ4v) is 1.31. The second-order valence-electron chi connectivity index (χ2n) is 3.26. The summed E-state index contributed by atoms with van der Waals surface area (Å²) in [6.07, 6.45) is -4.58. The van der Waals surface area contributed by atoms with Crippen LogP contribution in [0.1, 0.15) is 21.5 Å². The Hall–Kier alpha value is -1.72. The van der Waals surface area contributed by atoms with Gasteiger partial charge in [0.05, 0.1) is 23.9 Å². The molecule has 0 amide bonds. The van der Waals surface area contributed by atoms with E-state index < -0.39 is 23.4 Å². The maximum Gasteiger partial charge on any atom is 0.418 e. The molecule has 0 atom stereocenters. The number of nitrogens with two attached hydrogens (primary N) is 1. The Balaban J connectivity index is 3.44. The molecular formula is C10H10F3NO2. The van der Waals surface area contributed by atoms with Crippen molar-refractivity contribution in [1.82, 2.24) is 0 Å². The lowest BCUT2D eigenvalue weighted by molar-refractivity contribution is -0.136. The first-order chi connectivity index (χ1) is 7.27. The number of nitrogen functional groups attached to an aromatic ring is 1. The van der Waals surface area contributed by atoms with Gasteiger partial charge in [-0.15, -0.1) is 0 Å². The van der Waals surface area contributed by atoms with Crippen LogP contribution < -0.4 is 5.73 Å². The molecule has 0 fully saturated rings. The molecule has 16 heavy (non-hydrogen) atoms. The van der Waals surface area contributed by atoms with Gasteiger partial charge in [0, 0.05) is 0 Å². The highest BCUT2D eigenvalue weighted by molar-refractivity contribution is 5.96. The number of anilines is 1. The van der Waals surface area contributed by atoms with Crippen molar-refractivity contribution < 1.29 is 22.7 Å². The molecule has 0 radical (unpaired) electrons. The van der Waals surface area contributed by atoms with Crippen molar-refractivity contribution >= 4 is 11.7 Å². The van der Waals surface area contributed by atoms with Gasteiger partial charge in [0.1, 0.15) is 0 Å². The van der Waals surface area contributed by atoms with Gasteiger partial charge in [-0.25, -0.2) is 4.79 Å². The highest BCUT2D eigenvalue weighted by Gasteiger charge is 2.35. The summed E-state index contributed by atoms with van der Waals surface area (Å²) in [5.74, 6) is -0.883. The van der Waals surface area contributed by atoms with E-state index in [1.807, 2.05) is 0 Å². The molecule has 0 aliphatic heterocycles. The molecule has 6 heteroatoms. The van der Waals surface area contributed by atoms with E-state index >= 15 is 0 Å². The predicted molar refractivity (Wildman–Crippen MR) is 51.9 cm³/mol. The van der Waals surface area contributed by atoms with E-state index in [9.17, 15) is 18.0 Å². The molecule has 0 heterocycles. The summed E-state index contributed by atoms with van der Waals surface area (Å²) < 4.78 is 42.0. The van der Waals surface area contributed by atoms with E-state index in [1.165, 1.54) is 13.0 Å². The number of ether oxygens (including phenoxy) is 1. The monoisotopic (exact) mass is 233 g/mol. The summed E-state index contributed by atoms with van der Waals surface area (Å²) in [6.45, 7) is 1.45. The van der Waals surface area contributed by atoms with Crippen molar-refractivity contribution in [2.45, 2.75) is 13.1 Å². The number of halogens is 3. The average molecular weight is 233 g/mol. The summed E-state index contributed by atoms with van der Waals surface area (Å²) in [4.78, 5) is 11.2. The van der Waals surface area contributed by atoms with Crippen LogP contribution in [0.15, 0.2) is 12.1 Å². The smallest absolute Gasteiger partial charge is 0.418 e. The quantitative estimate of drug-likeness (QED) is 0.598. The Morgan fingerprint density at radius 1 is 1.38 bits per heavy atom. The van der Waals surface area contributed by atoms with Crippen molar-refractivity contribution in [2.24, 2.45) is 0 Å². The van der Waals surface area contributed by atoms with Crippen molar-refractivity contribution in [1.29, 1.82) is 0 Å². The Morgan fingerprint density at radius 2 is 1.94 bits per heavy atom. The summed E-state index contributed by atoms with van der Waals surface area (Å²) in [6, 6.07) is 2.15. The van der Waals surface area contributed by atoms with E-state index in [4.69, 9.17) is 5.73 Å². The van der Waals surface area contributed by atoms with E-state index in [1.54, 1.807) is 0 Å². The maximum atomic E-state index is 12.5. The van der Waals surface area contributed by atoms with Crippen LogP contribution in [0.4, 0.5) is 18.9 Å².